The van der Waals surface area contributed by atoms with Gasteiger partial charge in [0.25, 0.3) is 0 Å². The second kappa shape index (κ2) is 2.82. The van der Waals surface area contributed by atoms with Crippen LogP contribution in [0.1, 0.15) is 13.8 Å². The molecule has 0 atom stereocenters. The largest absolute Gasteiger partial charge is 0.334 e. The highest BCUT2D eigenvalue weighted by Gasteiger charge is 1.97. The van der Waals surface area contributed by atoms with Gasteiger partial charge in [-0.25, -0.2) is 4.98 Å². The molecule has 3 heteroatoms. The molecule has 0 fully saturated rings. The molecule has 56 valence electrons. The van der Waals surface area contributed by atoms with Crippen molar-refractivity contribution in [2.45, 2.75) is 20.4 Å². The fraction of sp³-hybridized carbons (Fsp3) is 0.571. The van der Waals surface area contributed by atoms with Crippen LogP contribution < -0.4 is 0 Å². The van der Waals surface area contributed by atoms with E-state index in [-0.39, 0.29) is 0 Å². The number of hydrogen-bond acceptors (Lipinski definition) is 1. The maximum absolute atomic E-state index is 12.2. The molecule has 10 heavy (non-hydrogen) atoms. The molecule has 0 spiro atoms. The van der Waals surface area contributed by atoms with Gasteiger partial charge in [-0.1, -0.05) is 13.8 Å². The maximum Gasteiger partial charge on any atom is 0.230 e. The van der Waals surface area contributed by atoms with Crippen molar-refractivity contribution in [3.63, 3.8) is 0 Å². The molecule has 0 aromatic carbocycles. The molecule has 0 aliphatic heterocycles. The molecule has 1 aromatic heterocycles. The normalized spacial score (nSPS) is 10.8. The molecule has 1 rings (SSSR count). The van der Waals surface area contributed by atoms with Gasteiger partial charge < -0.3 is 4.57 Å². The Kier molecular flexibility index (Phi) is 2.04. The molecule has 1 heterocycles. The van der Waals surface area contributed by atoms with Crippen LogP contribution in [0.2, 0.25) is 0 Å². The molecule has 2 nitrogen and oxygen atoms in total. The molecule has 0 aliphatic rings. The van der Waals surface area contributed by atoms with Crippen LogP contribution in [-0.4, -0.2) is 9.55 Å². The zero-order valence-electron chi connectivity index (χ0n) is 6.21. The number of aromatic nitrogens is 2. The Bertz CT molecular complexity index is 205. The molecule has 0 saturated heterocycles. The van der Waals surface area contributed by atoms with Gasteiger partial charge in [-0.05, 0) is 5.92 Å². The minimum atomic E-state index is -0.402. The molecule has 0 radical (unpaired) electrons. The van der Waals surface area contributed by atoms with Crippen LogP contribution in [0.3, 0.4) is 0 Å². The van der Waals surface area contributed by atoms with Crippen LogP contribution in [-0.2, 0) is 6.54 Å². The van der Waals surface area contributed by atoms with Gasteiger partial charge in [0.05, 0.1) is 12.5 Å². The quantitative estimate of drug-likeness (QED) is 0.614. The van der Waals surface area contributed by atoms with Crippen molar-refractivity contribution in [1.29, 1.82) is 0 Å². The molecular weight excluding hydrogens is 131 g/mol. The van der Waals surface area contributed by atoms with Crippen LogP contribution in [0.4, 0.5) is 4.39 Å². The summed E-state index contributed by atoms with van der Waals surface area (Å²) in [5, 5.41) is 0. The molecule has 0 aliphatic carbocycles. The van der Waals surface area contributed by atoms with Crippen molar-refractivity contribution in [2.24, 2.45) is 5.92 Å². The van der Waals surface area contributed by atoms with Gasteiger partial charge in [-0.2, -0.15) is 4.39 Å². The van der Waals surface area contributed by atoms with E-state index in [1.54, 1.807) is 4.57 Å². The second-order valence-electron chi connectivity index (χ2n) is 2.79. The Morgan fingerprint density at radius 2 is 2.40 bits per heavy atom. The highest BCUT2D eigenvalue weighted by atomic mass is 19.1. The first-order valence-electron chi connectivity index (χ1n) is 3.36. The zero-order valence-corrected chi connectivity index (χ0v) is 6.21. The first-order chi connectivity index (χ1) is 4.68. The summed E-state index contributed by atoms with van der Waals surface area (Å²) in [5.41, 5.74) is 0. The van der Waals surface area contributed by atoms with Gasteiger partial charge in [-0.3, -0.25) is 0 Å². The van der Waals surface area contributed by atoms with Gasteiger partial charge >= 0.3 is 0 Å². The molecule has 0 saturated carbocycles. The maximum atomic E-state index is 12.2. The van der Waals surface area contributed by atoms with Crippen molar-refractivity contribution in [2.75, 3.05) is 0 Å². The predicted molar refractivity (Wildman–Crippen MR) is 37.0 cm³/mol. The molecule has 0 bridgehead atoms. The summed E-state index contributed by atoms with van der Waals surface area (Å²) < 4.78 is 14.0. The lowest BCUT2D eigenvalue weighted by atomic mass is 10.2. The first-order valence-corrected chi connectivity index (χ1v) is 3.36. The number of rotatable bonds is 2. The van der Waals surface area contributed by atoms with Crippen LogP contribution in [0.15, 0.2) is 12.5 Å². The SMILES string of the molecule is CC(C)Cn1cnc(F)c1. The van der Waals surface area contributed by atoms with Gasteiger partial charge in [0.2, 0.25) is 5.95 Å². The van der Waals surface area contributed by atoms with E-state index in [9.17, 15) is 4.39 Å². The summed E-state index contributed by atoms with van der Waals surface area (Å²) in [5.74, 6) is 0.134. The Morgan fingerprint density at radius 1 is 1.70 bits per heavy atom. The Morgan fingerprint density at radius 3 is 2.80 bits per heavy atom. The van der Waals surface area contributed by atoms with Crippen molar-refractivity contribution in [3.05, 3.63) is 18.5 Å². The smallest absolute Gasteiger partial charge is 0.230 e. The summed E-state index contributed by atoms with van der Waals surface area (Å²) in [6, 6.07) is 0. The van der Waals surface area contributed by atoms with Gasteiger partial charge in [0.1, 0.15) is 0 Å². The highest BCUT2D eigenvalue weighted by Crippen LogP contribution is 1.99. The van der Waals surface area contributed by atoms with Crippen LogP contribution in [0.5, 0.6) is 0 Å². The summed E-state index contributed by atoms with van der Waals surface area (Å²) in [7, 11) is 0. The minimum absolute atomic E-state index is 0.402. The Balaban J connectivity index is 2.58. The second-order valence-corrected chi connectivity index (χ2v) is 2.79. The fourth-order valence-corrected chi connectivity index (χ4v) is 0.854. The van der Waals surface area contributed by atoms with Crippen LogP contribution in [0, 0.1) is 11.9 Å². The molecular formula is C7H11FN2. The van der Waals surface area contributed by atoms with Crippen LogP contribution in [0.25, 0.3) is 0 Å². The lowest BCUT2D eigenvalue weighted by molar-refractivity contribution is 0.518. The number of imidazole rings is 1. The number of nitrogens with zero attached hydrogens (tertiary/aromatic N) is 2. The van der Waals surface area contributed by atoms with E-state index in [2.05, 4.69) is 18.8 Å². The van der Waals surface area contributed by atoms with Crippen molar-refractivity contribution >= 4 is 0 Å². The lowest BCUT2D eigenvalue weighted by Gasteiger charge is -2.03. The van der Waals surface area contributed by atoms with Crippen molar-refractivity contribution < 1.29 is 4.39 Å². The molecule has 1 aromatic rings. The first kappa shape index (κ1) is 7.25. The predicted octanol–water partition coefficient (Wildman–Crippen LogP) is 1.68. The molecule has 0 amide bonds. The van der Waals surface area contributed by atoms with Gasteiger partial charge in [0, 0.05) is 6.54 Å². The molecule has 0 N–H and O–H groups in total. The Hall–Kier alpha value is -0.860. The standard InChI is InChI=1S/C7H11FN2/c1-6(2)3-10-4-7(8)9-5-10/h4-6H,3H2,1-2H3. The monoisotopic (exact) mass is 142 g/mol. The van der Waals surface area contributed by atoms with E-state index in [1.807, 2.05) is 0 Å². The summed E-state index contributed by atoms with van der Waals surface area (Å²) >= 11 is 0. The summed E-state index contributed by atoms with van der Waals surface area (Å²) in [4.78, 5) is 3.47. The topological polar surface area (TPSA) is 17.8 Å². The van der Waals surface area contributed by atoms with Gasteiger partial charge in [-0.15, -0.1) is 0 Å². The third-order valence-corrected chi connectivity index (χ3v) is 1.18. The fourth-order valence-electron chi connectivity index (χ4n) is 0.854. The van der Waals surface area contributed by atoms with Crippen molar-refractivity contribution in [1.82, 2.24) is 9.55 Å². The summed E-state index contributed by atoms with van der Waals surface area (Å²) in [6.45, 7) is 4.99. The number of hydrogen-bond donors (Lipinski definition) is 0. The average Bonchev–Trinajstić information content (AvgIpc) is 2.13. The number of halogens is 1. The van der Waals surface area contributed by atoms with E-state index in [0.717, 1.165) is 6.54 Å². The Labute approximate surface area is 59.7 Å². The van der Waals surface area contributed by atoms with Crippen molar-refractivity contribution in [3.8, 4) is 0 Å². The van der Waals surface area contributed by atoms with Crippen LogP contribution >= 0.6 is 0 Å². The minimum Gasteiger partial charge on any atom is -0.334 e. The average molecular weight is 142 g/mol. The zero-order chi connectivity index (χ0) is 7.56. The van der Waals surface area contributed by atoms with E-state index in [1.165, 1.54) is 12.5 Å². The van der Waals surface area contributed by atoms with E-state index in [0.29, 0.717) is 5.92 Å². The lowest BCUT2D eigenvalue weighted by Crippen LogP contribution is -2.00. The third-order valence-electron chi connectivity index (χ3n) is 1.18. The van der Waals surface area contributed by atoms with Gasteiger partial charge in [0.15, 0.2) is 0 Å². The van der Waals surface area contributed by atoms with E-state index < -0.39 is 5.95 Å². The van der Waals surface area contributed by atoms with E-state index >= 15 is 0 Å². The third kappa shape index (κ3) is 1.83. The highest BCUT2D eigenvalue weighted by molar-refractivity contribution is 4.78. The molecule has 0 unspecified atom stereocenters. The van der Waals surface area contributed by atoms with E-state index in [4.69, 9.17) is 0 Å². The summed E-state index contributed by atoms with van der Waals surface area (Å²) in [6.07, 6.45) is 2.91.